The zero-order valence-electron chi connectivity index (χ0n) is 5.22. The highest BCUT2D eigenvalue weighted by Gasteiger charge is 1.81. The SMILES string of the molecule is C[n+]1cnc[nH]1.O=[N+]([O-])[O-]. The molecule has 0 saturated heterocycles. The third-order valence-electron chi connectivity index (χ3n) is 0.576. The molecule has 10 heavy (non-hydrogen) atoms. The molecule has 56 valence electrons. The van der Waals surface area contributed by atoms with Gasteiger partial charge in [-0.15, -0.1) is 0 Å². The monoisotopic (exact) mass is 146 g/mol. The molecule has 0 amide bonds. The molecule has 1 heterocycles. The molecule has 0 aliphatic rings. The van der Waals surface area contributed by atoms with Gasteiger partial charge in [0.25, 0.3) is 0 Å². The van der Waals surface area contributed by atoms with Gasteiger partial charge in [-0.3, -0.25) is 0 Å². The molecular weight excluding hydrogens is 140 g/mol. The van der Waals surface area contributed by atoms with E-state index in [0.29, 0.717) is 0 Å². The summed E-state index contributed by atoms with van der Waals surface area (Å²) in [6.07, 6.45) is 3.32. The number of hydrogen-bond acceptors (Lipinski definition) is 4. The van der Waals surface area contributed by atoms with Gasteiger partial charge in [0.15, 0.2) is 0 Å². The van der Waals surface area contributed by atoms with Crippen molar-refractivity contribution < 1.29 is 9.77 Å². The lowest BCUT2D eigenvalue weighted by Crippen LogP contribution is -2.27. The molecule has 0 atom stereocenters. The van der Waals surface area contributed by atoms with Crippen LogP contribution in [0.4, 0.5) is 0 Å². The van der Waals surface area contributed by atoms with Gasteiger partial charge in [-0.25, -0.2) is 0 Å². The van der Waals surface area contributed by atoms with Crippen LogP contribution in [0.1, 0.15) is 0 Å². The first kappa shape index (κ1) is 8.34. The van der Waals surface area contributed by atoms with Crippen LogP contribution >= 0.6 is 0 Å². The number of hydrogen-bond donors (Lipinski definition) is 1. The molecule has 1 N–H and O–H groups in total. The molecule has 0 aliphatic carbocycles. The number of nitrogens with zero attached hydrogens (tertiary/aromatic N) is 3. The van der Waals surface area contributed by atoms with Gasteiger partial charge in [0.05, 0.1) is 5.09 Å². The zero-order valence-corrected chi connectivity index (χ0v) is 5.22. The molecule has 1 aromatic rings. The van der Waals surface area contributed by atoms with E-state index in [4.69, 9.17) is 15.3 Å². The van der Waals surface area contributed by atoms with Crippen LogP contribution in [-0.4, -0.2) is 15.2 Å². The molecule has 0 aromatic carbocycles. The summed E-state index contributed by atoms with van der Waals surface area (Å²) >= 11 is 0. The Kier molecular flexibility index (Phi) is 3.54. The maximum absolute atomic E-state index is 8.25. The summed E-state index contributed by atoms with van der Waals surface area (Å²) in [6, 6.07) is 0. The Morgan fingerprint density at radius 3 is 2.30 bits per heavy atom. The second-order valence-electron chi connectivity index (χ2n) is 1.36. The van der Waals surface area contributed by atoms with Crippen LogP contribution in [0.5, 0.6) is 0 Å². The van der Waals surface area contributed by atoms with E-state index in [0.717, 1.165) is 0 Å². The number of rotatable bonds is 0. The van der Waals surface area contributed by atoms with E-state index in [1.54, 1.807) is 17.3 Å². The van der Waals surface area contributed by atoms with E-state index < -0.39 is 5.09 Å². The van der Waals surface area contributed by atoms with E-state index in [1.165, 1.54) is 0 Å². The molecule has 7 nitrogen and oxygen atoms in total. The quantitative estimate of drug-likeness (QED) is 0.288. The van der Waals surface area contributed by atoms with Crippen LogP contribution in [0, 0.1) is 15.3 Å². The van der Waals surface area contributed by atoms with E-state index >= 15 is 0 Å². The van der Waals surface area contributed by atoms with Crippen molar-refractivity contribution in [2.75, 3.05) is 0 Å². The van der Waals surface area contributed by atoms with Gasteiger partial charge in [-0.1, -0.05) is 0 Å². The van der Waals surface area contributed by atoms with Crippen LogP contribution in [0.25, 0.3) is 0 Å². The molecule has 0 aliphatic heterocycles. The standard InChI is InChI=1S/C3H5N3.NO3/c1-6-3-4-2-5-6;2-1(3)4/h2-3H,1H3;/q;-1/p+1. The van der Waals surface area contributed by atoms with Crippen molar-refractivity contribution in [3.63, 3.8) is 0 Å². The Hall–Kier alpha value is -1.66. The summed E-state index contributed by atoms with van der Waals surface area (Å²) in [6.45, 7) is 0. The summed E-state index contributed by atoms with van der Waals surface area (Å²) < 4.78 is 1.76. The Bertz CT molecular complexity index is 180. The van der Waals surface area contributed by atoms with Crippen molar-refractivity contribution in [2.45, 2.75) is 0 Å². The molecule has 0 fully saturated rings. The predicted octanol–water partition coefficient (Wildman–Crippen LogP) is -1.00. The minimum absolute atomic E-state index is 1.62. The summed E-state index contributed by atoms with van der Waals surface area (Å²) in [5.41, 5.74) is 0. The van der Waals surface area contributed by atoms with Crippen LogP contribution in [-0.2, 0) is 7.05 Å². The number of aryl methyl sites for hydroxylation is 1. The van der Waals surface area contributed by atoms with Crippen molar-refractivity contribution in [1.82, 2.24) is 10.1 Å². The Balaban J connectivity index is 0.000000180. The summed E-state index contributed by atoms with van der Waals surface area (Å²) in [5, 5.41) is 17.6. The lowest BCUT2D eigenvalue weighted by atomic mass is 11.2. The third-order valence-corrected chi connectivity index (χ3v) is 0.576. The predicted molar refractivity (Wildman–Crippen MR) is 30.1 cm³/mol. The highest BCUT2D eigenvalue weighted by molar-refractivity contribution is 4.33. The molecule has 0 radical (unpaired) electrons. The Morgan fingerprint density at radius 1 is 1.70 bits per heavy atom. The first-order valence-corrected chi connectivity index (χ1v) is 2.28. The van der Waals surface area contributed by atoms with Gasteiger partial charge >= 0.3 is 6.33 Å². The van der Waals surface area contributed by atoms with Gasteiger partial charge in [0.2, 0.25) is 6.33 Å². The average molecular weight is 146 g/mol. The number of H-pyrrole nitrogens is 1. The first-order valence-electron chi connectivity index (χ1n) is 2.28. The van der Waals surface area contributed by atoms with E-state index in [2.05, 4.69) is 10.1 Å². The van der Waals surface area contributed by atoms with Crippen LogP contribution < -0.4 is 4.68 Å². The summed E-state index contributed by atoms with van der Waals surface area (Å²) in [7, 11) is 1.88. The van der Waals surface area contributed by atoms with Gasteiger partial charge in [-0.2, -0.15) is 9.78 Å². The average Bonchev–Trinajstić information content (AvgIpc) is 2.15. The minimum atomic E-state index is -1.75. The van der Waals surface area contributed by atoms with Crippen LogP contribution in [0.15, 0.2) is 12.7 Å². The minimum Gasteiger partial charge on any atom is -0.356 e. The van der Waals surface area contributed by atoms with E-state index in [-0.39, 0.29) is 0 Å². The topological polar surface area (TPSA) is 98.8 Å². The van der Waals surface area contributed by atoms with Gasteiger partial charge in [0.1, 0.15) is 7.05 Å². The van der Waals surface area contributed by atoms with Crippen molar-refractivity contribution in [1.29, 1.82) is 0 Å². The van der Waals surface area contributed by atoms with Crippen LogP contribution in [0.3, 0.4) is 0 Å². The smallest absolute Gasteiger partial charge is 0.306 e. The fraction of sp³-hybridized carbons (Fsp3) is 0.333. The fourth-order valence-corrected chi connectivity index (χ4v) is 0.291. The van der Waals surface area contributed by atoms with Crippen LogP contribution in [0.2, 0.25) is 0 Å². The fourth-order valence-electron chi connectivity index (χ4n) is 0.291. The lowest BCUT2D eigenvalue weighted by molar-refractivity contribution is -0.728. The number of aromatic amines is 1. The second kappa shape index (κ2) is 4.24. The zero-order chi connectivity index (χ0) is 7.98. The largest absolute Gasteiger partial charge is 0.356 e. The van der Waals surface area contributed by atoms with Gasteiger partial charge < -0.3 is 15.3 Å². The highest BCUT2D eigenvalue weighted by atomic mass is 16.9. The Morgan fingerprint density at radius 2 is 2.20 bits per heavy atom. The third kappa shape index (κ3) is 6.34. The lowest BCUT2D eigenvalue weighted by Gasteiger charge is -1.74. The molecule has 7 heteroatoms. The molecule has 0 spiro atoms. The summed E-state index contributed by atoms with van der Waals surface area (Å²) in [4.78, 5) is 12.0. The maximum Gasteiger partial charge on any atom is 0.306 e. The summed E-state index contributed by atoms with van der Waals surface area (Å²) in [5.74, 6) is 0. The van der Waals surface area contributed by atoms with Gasteiger partial charge in [0, 0.05) is 0 Å². The number of nitrogens with one attached hydrogen (secondary N) is 1. The molecule has 0 bridgehead atoms. The van der Waals surface area contributed by atoms with Crippen molar-refractivity contribution in [2.24, 2.45) is 7.05 Å². The molecular formula is C3H6N4O3. The molecule has 1 aromatic heterocycles. The second-order valence-corrected chi connectivity index (χ2v) is 1.36. The van der Waals surface area contributed by atoms with Crippen molar-refractivity contribution in [3.05, 3.63) is 28.0 Å². The van der Waals surface area contributed by atoms with E-state index in [9.17, 15) is 0 Å². The maximum atomic E-state index is 8.25. The van der Waals surface area contributed by atoms with Crippen molar-refractivity contribution >= 4 is 0 Å². The molecule has 1 rings (SSSR count). The normalized spacial score (nSPS) is 7.70. The van der Waals surface area contributed by atoms with Gasteiger partial charge in [-0.05, 0) is 4.98 Å². The molecule has 0 saturated carbocycles. The van der Waals surface area contributed by atoms with Crippen molar-refractivity contribution in [3.8, 4) is 0 Å². The highest BCUT2D eigenvalue weighted by Crippen LogP contribution is 1.50. The number of aromatic nitrogens is 3. The molecule has 0 unspecified atom stereocenters. The first-order chi connectivity index (χ1) is 4.63. The van der Waals surface area contributed by atoms with E-state index in [1.807, 2.05) is 7.05 Å². The Labute approximate surface area is 56.0 Å².